The van der Waals surface area contributed by atoms with Gasteiger partial charge in [-0.3, -0.25) is 9.52 Å². The number of nitrogens with zero attached hydrogens (tertiary/aromatic N) is 2. The van der Waals surface area contributed by atoms with Gasteiger partial charge >= 0.3 is 6.09 Å². The van der Waals surface area contributed by atoms with Crippen LogP contribution in [0.15, 0.2) is 30.4 Å². The third kappa shape index (κ3) is 7.08. The Hall–Kier alpha value is -2.83. The average molecular weight is 579 g/mol. The molecule has 2 saturated heterocycles. The first kappa shape index (κ1) is 30.1. The lowest BCUT2D eigenvalue weighted by atomic mass is 9.90. The lowest BCUT2D eigenvalue weighted by Gasteiger charge is -2.35. The summed E-state index contributed by atoms with van der Waals surface area (Å²) in [5.74, 6) is 0.179. The molecule has 0 radical (unpaired) electrons. The molecule has 0 aliphatic carbocycles. The van der Waals surface area contributed by atoms with Crippen molar-refractivity contribution < 1.29 is 32.2 Å². The number of nitrogens with one attached hydrogen (secondary N) is 2. The van der Waals surface area contributed by atoms with E-state index in [0.29, 0.717) is 76.5 Å². The van der Waals surface area contributed by atoms with Gasteiger partial charge in [0.2, 0.25) is 10.0 Å². The number of hydrogen-bond donors (Lipinski definition) is 2. The Morgan fingerprint density at radius 3 is 2.48 bits per heavy atom. The minimum atomic E-state index is -3.73. The van der Waals surface area contributed by atoms with E-state index in [1.807, 2.05) is 13.0 Å². The molecular formula is C28H42N4O7S. The van der Waals surface area contributed by atoms with Crippen LogP contribution in [-0.2, 0) is 19.5 Å². The van der Waals surface area contributed by atoms with Crippen LogP contribution >= 0.6 is 0 Å². The first-order valence-electron chi connectivity index (χ1n) is 14.2. The highest BCUT2D eigenvalue weighted by Crippen LogP contribution is 2.29. The van der Waals surface area contributed by atoms with Gasteiger partial charge in [-0.2, -0.15) is 0 Å². The second kappa shape index (κ2) is 13.7. The Bertz CT molecular complexity index is 1160. The normalized spacial score (nSPS) is 23.0. The molecule has 3 aliphatic rings. The van der Waals surface area contributed by atoms with Crippen molar-refractivity contribution in [3.05, 3.63) is 35.9 Å². The molecule has 1 aromatic carbocycles. The van der Waals surface area contributed by atoms with E-state index in [4.69, 9.17) is 14.2 Å². The van der Waals surface area contributed by atoms with E-state index in [-0.39, 0.29) is 35.8 Å². The van der Waals surface area contributed by atoms with E-state index in [1.165, 1.54) is 7.11 Å². The van der Waals surface area contributed by atoms with Crippen molar-refractivity contribution in [3.63, 3.8) is 0 Å². The van der Waals surface area contributed by atoms with E-state index in [0.717, 1.165) is 6.42 Å². The molecule has 0 saturated carbocycles. The Morgan fingerprint density at radius 2 is 1.82 bits per heavy atom. The Kier molecular flexibility index (Phi) is 10.3. The van der Waals surface area contributed by atoms with Crippen molar-refractivity contribution >= 4 is 27.7 Å². The first-order valence-corrected chi connectivity index (χ1v) is 15.7. The highest BCUT2D eigenvalue weighted by atomic mass is 32.2. The Labute approximate surface area is 237 Å². The highest BCUT2D eigenvalue weighted by Gasteiger charge is 2.36. The number of sulfonamides is 1. The van der Waals surface area contributed by atoms with Gasteiger partial charge < -0.3 is 29.3 Å². The molecule has 11 nitrogen and oxygen atoms in total. The van der Waals surface area contributed by atoms with Crippen LogP contribution in [0.3, 0.4) is 0 Å². The van der Waals surface area contributed by atoms with Gasteiger partial charge in [0, 0.05) is 57.7 Å². The summed E-state index contributed by atoms with van der Waals surface area (Å²) in [5.41, 5.74) is 0.674. The van der Waals surface area contributed by atoms with Gasteiger partial charge in [0.1, 0.15) is 11.9 Å². The Balaban J connectivity index is 1.38. The van der Waals surface area contributed by atoms with Crippen LogP contribution in [0.2, 0.25) is 0 Å². The van der Waals surface area contributed by atoms with E-state index in [9.17, 15) is 18.0 Å². The third-order valence-corrected chi connectivity index (χ3v) is 9.89. The van der Waals surface area contributed by atoms with Crippen LogP contribution in [0.1, 0.15) is 49.9 Å². The molecule has 1 aromatic rings. The summed E-state index contributed by atoms with van der Waals surface area (Å²) in [6, 6.07) is 4.53. The van der Waals surface area contributed by atoms with Gasteiger partial charge in [0.05, 0.1) is 36.8 Å². The number of anilines is 1. The molecular weight excluding hydrogens is 536 g/mol. The second-order valence-corrected chi connectivity index (χ2v) is 12.3. The fourth-order valence-corrected chi connectivity index (χ4v) is 7.36. The fourth-order valence-electron chi connectivity index (χ4n) is 5.63. The number of carbonyl (C=O) groups excluding carboxylic acids is 2. The molecule has 0 aromatic heterocycles. The predicted octanol–water partition coefficient (Wildman–Crippen LogP) is 2.84. The number of hydrogen-bond acceptors (Lipinski definition) is 8. The summed E-state index contributed by atoms with van der Waals surface area (Å²) in [7, 11) is -2.27. The Morgan fingerprint density at radius 1 is 1.12 bits per heavy atom. The zero-order valence-electron chi connectivity index (χ0n) is 23.6. The van der Waals surface area contributed by atoms with Gasteiger partial charge in [0.15, 0.2) is 0 Å². The van der Waals surface area contributed by atoms with Crippen LogP contribution in [-0.4, -0.2) is 101 Å². The fraction of sp³-hybridized carbons (Fsp3) is 0.643. The van der Waals surface area contributed by atoms with Gasteiger partial charge in [-0.15, -0.1) is 0 Å². The van der Waals surface area contributed by atoms with Crippen molar-refractivity contribution in [2.45, 2.75) is 56.9 Å². The molecule has 2 amide bonds. The van der Waals surface area contributed by atoms with Crippen LogP contribution in [0.25, 0.3) is 0 Å². The molecule has 3 heterocycles. The highest BCUT2D eigenvalue weighted by molar-refractivity contribution is 7.93. The quantitative estimate of drug-likeness (QED) is 0.429. The number of carbonyl (C=O) groups is 2. The number of benzene rings is 1. The van der Waals surface area contributed by atoms with Crippen molar-refractivity contribution in [2.75, 3.05) is 57.8 Å². The van der Waals surface area contributed by atoms with Crippen LogP contribution < -0.4 is 14.8 Å². The molecule has 0 spiro atoms. The molecule has 12 heteroatoms. The van der Waals surface area contributed by atoms with Crippen LogP contribution in [0, 0.1) is 5.92 Å². The molecule has 222 valence electrons. The van der Waals surface area contributed by atoms with E-state index >= 15 is 0 Å². The van der Waals surface area contributed by atoms with Crippen LogP contribution in [0.5, 0.6) is 5.75 Å². The smallest absolute Gasteiger partial charge is 0.410 e. The third-order valence-electron chi connectivity index (χ3n) is 7.94. The predicted molar refractivity (Wildman–Crippen MR) is 152 cm³/mol. The number of amides is 2. The zero-order chi connectivity index (χ0) is 28.7. The SMILES string of the molecule is CCC(C1NCC=C[C@@H]1CC)S(=O)(=O)Nc1ccc(C(=O)N2CCN(C(=O)OC3CCOCC3)CC2)c(OC)c1. The van der Waals surface area contributed by atoms with Gasteiger partial charge in [-0.25, -0.2) is 13.2 Å². The largest absolute Gasteiger partial charge is 0.496 e. The number of piperazine rings is 1. The minimum Gasteiger partial charge on any atom is -0.496 e. The monoisotopic (exact) mass is 578 g/mol. The molecule has 2 unspecified atom stereocenters. The molecule has 4 rings (SSSR count). The van der Waals surface area contributed by atoms with Crippen LogP contribution in [0.4, 0.5) is 10.5 Å². The molecule has 0 bridgehead atoms. The zero-order valence-corrected chi connectivity index (χ0v) is 24.5. The van der Waals surface area contributed by atoms with Crippen molar-refractivity contribution in [1.82, 2.24) is 15.1 Å². The second-order valence-electron chi connectivity index (χ2n) is 10.4. The summed E-state index contributed by atoms with van der Waals surface area (Å²) in [6.45, 7) is 7.23. The standard InChI is InChI=1S/C28H42N4O7S/c1-4-20-7-6-12-29-26(20)25(5-2)40(35,36)30-21-8-9-23(24(19-21)37-3)27(33)31-13-15-32(16-14-31)28(34)39-22-10-17-38-18-11-22/h6-9,19-20,22,25-26,29-30H,4-5,10-18H2,1-3H3/t20-,25?,26?/m0/s1. The van der Waals surface area contributed by atoms with E-state index in [2.05, 4.69) is 23.0 Å². The van der Waals surface area contributed by atoms with Crippen molar-refractivity contribution in [1.29, 1.82) is 0 Å². The molecule has 2 N–H and O–H groups in total. The minimum absolute atomic E-state index is 0.127. The number of ether oxygens (including phenoxy) is 3. The summed E-state index contributed by atoms with van der Waals surface area (Å²) >= 11 is 0. The average Bonchev–Trinajstić information content (AvgIpc) is 2.97. The maximum absolute atomic E-state index is 13.4. The van der Waals surface area contributed by atoms with E-state index in [1.54, 1.807) is 28.0 Å². The maximum Gasteiger partial charge on any atom is 0.410 e. The lowest BCUT2D eigenvalue weighted by molar-refractivity contribution is -0.0141. The summed E-state index contributed by atoms with van der Waals surface area (Å²) in [6.07, 6.45) is 6.35. The summed E-state index contributed by atoms with van der Waals surface area (Å²) in [4.78, 5) is 29.2. The first-order chi connectivity index (χ1) is 19.3. The topological polar surface area (TPSA) is 127 Å². The maximum atomic E-state index is 13.4. The lowest BCUT2D eigenvalue weighted by Crippen LogP contribution is -2.51. The number of rotatable bonds is 9. The summed E-state index contributed by atoms with van der Waals surface area (Å²) < 4.78 is 46.0. The molecule has 40 heavy (non-hydrogen) atoms. The molecule has 2 fully saturated rings. The van der Waals surface area contributed by atoms with E-state index < -0.39 is 15.3 Å². The van der Waals surface area contributed by atoms with Gasteiger partial charge in [0.25, 0.3) is 5.91 Å². The summed E-state index contributed by atoms with van der Waals surface area (Å²) in [5, 5.41) is 2.74. The van der Waals surface area contributed by atoms with Gasteiger partial charge in [-0.1, -0.05) is 26.0 Å². The molecule has 3 atom stereocenters. The molecule has 3 aliphatic heterocycles. The number of methoxy groups -OCH3 is 1. The van der Waals surface area contributed by atoms with Gasteiger partial charge in [-0.05, 0) is 30.9 Å². The van der Waals surface area contributed by atoms with Crippen molar-refractivity contribution in [3.8, 4) is 5.75 Å². The van der Waals surface area contributed by atoms with Crippen molar-refractivity contribution in [2.24, 2.45) is 5.92 Å².